The van der Waals surface area contributed by atoms with Crippen molar-refractivity contribution in [1.82, 2.24) is 14.1 Å². The Hall–Kier alpha value is -4.16. The largest absolute Gasteiger partial charge is 0.458 e. The number of rotatable bonds is 7. The van der Waals surface area contributed by atoms with Crippen LogP contribution < -0.4 is 15.2 Å². The van der Waals surface area contributed by atoms with Crippen LogP contribution >= 0.6 is 11.6 Å². The summed E-state index contributed by atoms with van der Waals surface area (Å²) >= 11 is 6.14. The molecule has 0 aliphatic heterocycles. The van der Waals surface area contributed by atoms with Crippen molar-refractivity contribution < 1.29 is 27.1 Å². The molecule has 1 aliphatic rings. The SMILES string of the molecule is CC1CC(C(C)(C)C)C(OC(=O)c2c(-c3ccc(Cl)cc3)c(F)n3cc(C(=O)NS(=O)(=O)Nc4ccccc4)c(N)nc23)C(C(C)(C)C)C1. The predicted octanol–water partition coefficient (Wildman–Crippen LogP) is 7.74. The van der Waals surface area contributed by atoms with E-state index in [1.165, 1.54) is 12.1 Å². The molecule has 2 unspecified atom stereocenters. The number of fused-ring (bicyclic) bond motifs is 1. The van der Waals surface area contributed by atoms with Gasteiger partial charge < -0.3 is 10.5 Å². The number of aromatic nitrogens is 2. The fraction of sp³-hybridized carbons (Fsp3) is 0.417. The maximum absolute atomic E-state index is 16.6. The van der Waals surface area contributed by atoms with Gasteiger partial charge in [0.05, 0.1) is 16.8 Å². The maximum atomic E-state index is 16.6. The van der Waals surface area contributed by atoms with Gasteiger partial charge in [-0.3, -0.25) is 13.9 Å². The molecule has 0 radical (unpaired) electrons. The fourth-order valence-electron chi connectivity index (χ4n) is 6.81. The Morgan fingerprint density at radius 1 is 0.980 bits per heavy atom. The molecule has 4 aromatic rings. The smallest absolute Gasteiger partial charge is 0.343 e. The summed E-state index contributed by atoms with van der Waals surface area (Å²) in [5.74, 6) is -2.83. The molecule has 1 amide bonds. The lowest BCUT2D eigenvalue weighted by Gasteiger charge is -2.50. The second kappa shape index (κ2) is 13.3. The van der Waals surface area contributed by atoms with Crippen LogP contribution in [0.5, 0.6) is 0 Å². The van der Waals surface area contributed by atoms with Gasteiger partial charge in [-0.1, -0.05) is 90.4 Å². The number of benzene rings is 2. The Kier molecular flexibility index (Phi) is 9.79. The molecule has 0 bridgehead atoms. The van der Waals surface area contributed by atoms with E-state index in [0.29, 0.717) is 16.5 Å². The highest BCUT2D eigenvalue weighted by Crippen LogP contribution is 2.50. The van der Waals surface area contributed by atoms with Gasteiger partial charge in [0.1, 0.15) is 17.5 Å². The van der Waals surface area contributed by atoms with Gasteiger partial charge in [-0.2, -0.15) is 12.8 Å². The van der Waals surface area contributed by atoms with Crippen molar-refractivity contribution >= 4 is 50.8 Å². The van der Waals surface area contributed by atoms with Crippen LogP contribution in [0.25, 0.3) is 16.8 Å². The van der Waals surface area contributed by atoms with Crippen molar-refractivity contribution in [3.05, 3.63) is 82.9 Å². The molecule has 262 valence electrons. The van der Waals surface area contributed by atoms with Gasteiger partial charge in [-0.15, -0.1) is 0 Å². The minimum Gasteiger partial charge on any atom is -0.458 e. The number of anilines is 2. The van der Waals surface area contributed by atoms with Gasteiger partial charge in [0.25, 0.3) is 5.91 Å². The number of nitrogen functional groups attached to an aromatic ring is 1. The minimum absolute atomic E-state index is 0.0157. The van der Waals surface area contributed by atoms with E-state index in [0.717, 1.165) is 23.4 Å². The van der Waals surface area contributed by atoms with E-state index in [4.69, 9.17) is 22.1 Å². The highest BCUT2D eigenvalue weighted by Gasteiger charge is 2.48. The summed E-state index contributed by atoms with van der Waals surface area (Å²) in [6, 6.07) is 14.2. The first kappa shape index (κ1) is 36.1. The number of nitrogens with two attached hydrogens (primary N) is 1. The Morgan fingerprint density at radius 3 is 2.10 bits per heavy atom. The van der Waals surface area contributed by atoms with E-state index >= 15 is 4.39 Å². The summed E-state index contributed by atoms with van der Waals surface area (Å²) in [6.45, 7) is 15.0. The number of hydrogen-bond acceptors (Lipinski definition) is 7. The van der Waals surface area contributed by atoms with Crippen LogP contribution in [0, 0.1) is 34.5 Å². The van der Waals surface area contributed by atoms with Crippen molar-refractivity contribution in [2.24, 2.45) is 28.6 Å². The number of carbonyl (C=O) groups is 2. The van der Waals surface area contributed by atoms with E-state index in [1.54, 1.807) is 42.5 Å². The molecule has 10 nitrogen and oxygen atoms in total. The summed E-state index contributed by atoms with van der Waals surface area (Å²) in [7, 11) is -4.40. The lowest BCUT2D eigenvalue weighted by molar-refractivity contribution is -0.0922. The number of esters is 1. The first-order valence-corrected chi connectivity index (χ1v) is 18.0. The molecule has 5 rings (SSSR count). The summed E-state index contributed by atoms with van der Waals surface area (Å²) in [4.78, 5) is 32.0. The van der Waals surface area contributed by atoms with Crippen LogP contribution in [-0.4, -0.2) is 35.8 Å². The molecule has 2 aromatic carbocycles. The third kappa shape index (κ3) is 7.70. The average Bonchev–Trinajstić information content (AvgIpc) is 3.27. The molecule has 0 saturated heterocycles. The zero-order chi connectivity index (χ0) is 36.1. The maximum Gasteiger partial charge on any atom is 0.343 e. The quantitative estimate of drug-likeness (QED) is 0.166. The van der Waals surface area contributed by atoms with Crippen LogP contribution in [0.15, 0.2) is 60.8 Å². The molecule has 1 fully saturated rings. The molecule has 4 N–H and O–H groups in total. The minimum atomic E-state index is -4.40. The van der Waals surface area contributed by atoms with Gasteiger partial charge in [0.2, 0.25) is 5.95 Å². The molecular weight excluding hydrogens is 669 g/mol. The second-order valence-corrected chi connectivity index (χ2v) is 16.9. The number of halogens is 2. The summed E-state index contributed by atoms with van der Waals surface area (Å²) in [6.07, 6.45) is 2.25. The molecule has 1 saturated carbocycles. The number of nitrogens with one attached hydrogen (secondary N) is 2. The molecule has 49 heavy (non-hydrogen) atoms. The fourth-order valence-corrected chi connectivity index (χ4v) is 7.79. The standard InChI is InChI=1S/C36H43ClFN5O5S/c1-20-17-25(35(2,3)4)29(26(18-20)36(5,6)7)48-34(45)28-27(21-13-15-22(37)16-14-21)30(38)43-19-24(31(39)40-32(28)43)33(44)42-49(46,47)41-23-11-9-8-10-12-23/h8-16,19-20,25-26,29,41H,17-18H2,1-7H3,(H2,39,40)(H,42,44). The Balaban J connectivity index is 1.61. The van der Waals surface area contributed by atoms with Crippen molar-refractivity contribution in [3.63, 3.8) is 0 Å². The van der Waals surface area contributed by atoms with Gasteiger partial charge in [-0.05, 0) is 59.4 Å². The third-order valence-corrected chi connectivity index (χ3v) is 10.5. The third-order valence-electron chi connectivity index (χ3n) is 9.29. The van der Waals surface area contributed by atoms with Crippen LogP contribution in [0.1, 0.15) is 82.0 Å². The van der Waals surface area contributed by atoms with Gasteiger partial charge in [-0.25, -0.2) is 14.5 Å². The van der Waals surface area contributed by atoms with E-state index in [2.05, 4.69) is 58.2 Å². The number of hydrogen-bond donors (Lipinski definition) is 3. The van der Waals surface area contributed by atoms with Gasteiger partial charge in [0, 0.05) is 23.1 Å². The van der Waals surface area contributed by atoms with Gasteiger partial charge in [0.15, 0.2) is 5.65 Å². The van der Waals surface area contributed by atoms with E-state index in [9.17, 15) is 18.0 Å². The van der Waals surface area contributed by atoms with E-state index < -0.39 is 45.5 Å². The first-order chi connectivity index (χ1) is 22.8. The molecule has 2 aromatic heterocycles. The van der Waals surface area contributed by atoms with Crippen LogP contribution in [0.3, 0.4) is 0 Å². The molecular formula is C36H43ClFN5O5S. The number of amides is 1. The van der Waals surface area contributed by atoms with Crippen LogP contribution in [0.4, 0.5) is 15.9 Å². The van der Waals surface area contributed by atoms with E-state index in [-0.39, 0.29) is 45.1 Å². The first-order valence-electron chi connectivity index (χ1n) is 16.1. The van der Waals surface area contributed by atoms with Gasteiger partial charge >= 0.3 is 16.2 Å². The summed E-state index contributed by atoms with van der Waals surface area (Å²) < 4.78 is 53.5. The Bertz CT molecular complexity index is 1960. The Morgan fingerprint density at radius 2 is 1.55 bits per heavy atom. The zero-order valence-corrected chi connectivity index (χ0v) is 30.2. The van der Waals surface area contributed by atoms with E-state index in [1.807, 2.05) is 4.72 Å². The van der Waals surface area contributed by atoms with Crippen molar-refractivity contribution in [1.29, 1.82) is 0 Å². The highest BCUT2D eigenvalue weighted by atomic mass is 35.5. The lowest BCUT2D eigenvalue weighted by atomic mass is 9.59. The molecule has 2 atom stereocenters. The highest BCUT2D eigenvalue weighted by molar-refractivity contribution is 7.91. The average molecular weight is 712 g/mol. The van der Waals surface area contributed by atoms with Crippen LogP contribution in [0.2, 0.25) is 5.02 Å². The predicted molar refractivity (Wildman–Crippen MR) is 190 cm³/mol. The topological polar surface area (TPSA) is 145 Å². The molecule has 13 heteroatoms. The number of nitrogens with zero attached hydrogens (tertiary/aromatic N) is 2. The van der Waals surface area contributed by atoms with Crippen molar-refractivity contribution in [2.75, 3.05) is 10.5 Å². The normalized spacial score (nSPS) is 20.2. The summed E-state index contributed by atoms with van der Waals surface area (Å²) in [5.41, 5.74) is 5.45. The molecule has 0 spiro atoms. The van der Waals surface area contributed by atoms with Crippen molar-refractivity contribution in [3.8, 4) is 11.1 Å². The van der Waals surface area contributed by atoms with Crippen LogP contribution in [-0.2, 0) is 14.9 Å². The number of ether oxygens (including phenoxy) is 1. The lowest BCUT2D eigenvalue weighted by Crippen LogP contribution is -2.49. The summed E-state index contributed by atoms with van der Waals surface area (Å²) in [5, 5.41) is 0.404. The molecule has 1 aliphatic carbocycles. The van der Waals surface area contributed by atoms with Crippen molar-refractivity contribution in [2.45, 2.75) is 67.4 Å². The Labute approximate surface area is 291 Å². The molecule has 2 heterocycles. The number of carbonyl (C=O) groups excluding carboxylic acids is 2. The second-order valence-electron chi connectivity index (χ2n) is 15.1. The monoisotopic (exact) mass is 711 g/mol. The number of para-hydroxylation sites is 1. The zero-order valence-electron chi connectivity index (χ0n) is 28.7.